The van der Waals surface area contributed by atoms with Crippen LogP contribution in [0, 0.1) is 5.82 Å². The molecule has 0 fully saturated rings. The lowest BCUT2D eigenvalue weighted by molar-refractivity contribution is 0.0629. The topological polar surface area (TPSA) is 47.7 Å². The van der Waals surface area contributed by atoms with Crippen molar-refractivity contribution >= 4 is 0 Å². The van der Waals surface area contributed by atoms with E-state index in [-0.39, 0.29) is 23.7 Å². The van der Waals surface area contributed by atoms with Crippen LogP contribution in [0.15, 0.2) is 18.2 Å². The number of hydrogen-bond acceptors (Lipinski definition) is 4. The number of likely N-dealkylation sites (N-methyl/N-ethyl adjacent to an activating group) is 1. The molecular weight excluding hydrogens is 259 g/mol. The molecule has 1 atom stereocenters. The third-order valence-corrected chi connectivity index (χ3v) is 3.04. The average Bonchev–Trinajstić information content (AvgIpc) is 2.38. The van der Waals surface area contributed by atoms with Gasteiger partial charge in [0.05, 0.1) is 19.8 Å². The van der Waals surface area contributed by atoms with E-state index in [4.69, 9.17) is 15.2 Å². The van der Waals surface area contributed by atoms with E-state index < -0.39 is 0 Å². The van der Waals surface area contributed by atoms with Gasteiger partial charge in [0.15, 0.2) is 11.6 Å². The second-order valence-electron chi connectivity index (χ2n) is 5.18. The number of methoxy groups -OCH3 is 1. The lowest BCUT2D eigenvalue weighted by Crippen LogP contribution is -2.32. The zero-order chi connectivity index (χ0) is 15.1. The minimum atomic E-state index is -0.383. The first-order chi connectivity index (χ1) is 9.43. The number of halogens is 1. The molecule has 0 saturated carbocycles. The standard InChI is InChI=1S/C15H25FN2O2/c1-11(2)20-8-7-18(3)10-14(17)12-5-6-15(19-4)13(16)9-12/h5-6,9,11,14H,7-8,10,17H2,1-4H3. The highest BCUT2D eigenvalue weighted by Gasteiger charge is 2.12. The Morgan fingerprint density at radius 1 is 1.35 bits per heavy atom. The second-order valence-corrected chi connectivity index (χ2v) is 5.18. The van der Waals surface area contributed by atoms with Crippen LogP contribution in [-0.4, -0.2) is 44.9 Å². The quantitative estimate of drug-likeness (QED) is 0.795. The van der Waals surface area contributed by atoms with Crippen molar-refractivity contribution in [2.24, 2.45) is 5.73 Å². The van der Waals surface area contributed by atoms with Crippen LogP contribution in [0.4, 0.5) is 4.39 Å². The molecular formula is C15H25FN2O2. The van der Waals surface area contributed by atoms with Crippen LogP contribution in [0.5, 0.6) is 5.75 Å². The minimum Gasteiger partial charge on any atom is -0.494 e. The SMILES string of the molecule is COc1ccc(C(N)CN(C)CCOC(C)C)cc1F. The Balaban J connectivity index is 2.49. The van der Waals surface area contributed by atoms with E-state index in [1.807, 2.05) is 20.9 Å². The maximum absolute atomic E-state index is 13.6. The van der Waals surface area contributed by atoms with E-state index >= 15 is 0 Å². The average molecular weight is 284 g/mol. The molecule has 114 valence electrons. The Kier molecular flexibility index (Phi) is 6.91. The molecule has 4 nitrogen and oxygen atoms in total. The zero-order valence-corrected chi connectivity index (χ0v) is 12.7. The van der Waals surface area contributed by atoms with Crippen molar-refractivity contribution in [3.05, 3.63) is 29.6 Å². The molecule has 0 spiro atoms. The van der Waals surface area contributed by atoms with Crippen LogP contribution in [0.3, 0.4) is 0 Å². The summed E-state index contributed by atoms with van der Waals surface area (Å²) in [7, 11) is 3.42. The maximum atomic E-state index is 13.6. The van der Waals surface area contributed by atoms with E-state index in [2.05, 4.69) is 4.90 Å². The van der Waals surface area contributed by atoms with Gasteiger partial charge in [-0.1, -0.05) is 6.07 Å². The highest BCUT2D eigenvalue weighted by molar-refractivity contribution is 5.31. The van der Waals surface area contributed by atoms with E-state index in [9.17, 15) is 4.39 Å². The molecule has 5 heteroatoms. The summed E-state index contributed by atoms with van der Waals surface area (Å²) in [5.41, 5.74) is 6.86. The van der Waals surface area contributed by atoms with Gasteiger partial charge in [0.1, 0.15) is 0 Å². The van der Waals surface area contributed by atoms with Crippen molar-refractivity contribution < 1.29 is 13.9 Å². The number of nitrogens with zero attached hydrogens (tertiary/aromatic N) is 1. The Morgan fingerprint density at radius 3 is 2.60 bits per heavy atom. The first-order valence-corrected chi connectivity index (χ1v) is 6.83. The van der Waals surface area contributed by atoms with Crippen molar-refractivity contribution in [3.8, 4) is 5.75 Å². The Morgan fingerprint density at radius 2 is 2.05 bits per heavy atom. The van der Waals surface area contributed by atoms with E-state index in [0.29, 0.717) is 13.2 Å². The summed E-state index contributed by atoms with van der Waals surface area (Å²) in [6.45, 7) is 6.12. The third-order valence-electron chi connectivity index (χ3n) is 3.04. The van der Waals surface area contributed by atoms with Gasteiger partial charge in [0.2, 0.25) is 0 Å². The highest BCUT2D eigenvalue weighted by Crippen LogP contribution is 2.21. The van der Waals surface area contributed by atoms with Crippen molar-refractivity contribution in [2.75, 3.05) is 33.9 Å². The molecule has 0 radical (unpaired) electrons. The van der Waals surface area contributed by atoms with Crippen molar-refractivity contribution in [2.45, 2.75) is 26.0 Å². The molecule has 1 aromatic rings. The van der Waals surface area contributed by atoms with Crippen molar-refractivity contribution in [1.82, 2.24) is 4.90 Å². The molecule has 1 aromatic carbocycles. The third kappa shape index (κ3) is 5.45. The normalized spacial score (nSPS) is 13.0. The smallest absolute Gasteiger partial charge is 0.165 e. The molecule has 1 unspecified atom stereocenters. The molecule has 20 heavy (non-hydrogen) atoms. The molecule has 0 aliphatic carbocycles. The van der Waals surface area contributed by atoms with Crippen molar-refractivity contribution in [3.63, 3.8) is 0 Å². The Hall–Kier alpha value is -1.17. The van der Waals surface area contributed by atoms with Gasteiger partial charge in [-0.3, -0.25) is 0 Å². The lowest BCUT2D eigenvalue weighted by atomic mass is 10.1. The van der Waals surface area contributed by atoms with Crippen LogP contribution in [-0.2, 0) is 4.74 Å². The van der Waals surface area contributed by atoms with Crippen LogP contribution in [0.1, 0.15) is 25.5 Å². The van der Waals surface area contributed by atoms with Gasteiger partial charge in [-0.05, 0) is 38.6 Å². The fourth-order valence-electron chi connectivity index (χ4n) is 1.89. The highest BCUT2D eigenvalue weighted by atomic mass is 19.1. The second kappa shape index (κ2) is 8.19. The summed E-state index contributed by atoms with van der Waals surface area (Å²) in [5, 5.41) is 0. The van der Waals surface area contributed by atoms with Crippen LogP contribution >= 0.6 is 0 Å². The van der Waals surface area contributed by atoms with Gasteiger partial charge < -0.3 is 20.1 Å². The number of benzene rings is 1. The Bertz CT molecular complexity index is 413. The number of hydrogen-bond donors (Lipinski definition) is 1. The van der Waals surface area contributed by atoms with Crippen molar-refractivity contribution in [1.29, 1.82) is 0 Å². The summed E-state index contributed by atoms with van der Waals surface area (Å²) in [4.78, 5) is 2.08. The zero-order valence-electron chi connectivity index (χ0n) is 12.7. The molecule has 0 aliphatic rings. The lowest BCUT2D eigenvalue weighted by Gasteiger charge is -2.22. The number of rotatable bonds is 8. The summed E-state index contributed by atoms with van der Waals surface area (Å²) in [5.74, 6) is -0.147. The monoisotopic (exact) mass is 284 g/mol. The fraction of sp³-hybridized carbons (Fsp3) is 0.600. The largest absolute Gasteiger partial charge is 0.494 e. The molecule has 1 rings (SSSR count). The van der Waals surface area contributed by atoms with E-state index in [0.717, 1.165) is 12.1 Å². The van der Waals surface area contributed by atoms with Gasteiger partial charge >= 0.3 is 0 Å². The molecule has 0 heterocycles. The maximum Gasteiger partial charge on any atom is 0.165 e. The number of ether oxygens (including phenoxy) is 2. The fourth-order valence-corrected chi connectivity index (χ4v) is 1.89. The summed E-state index contributed by atoms with van der Waals surface area (Å²) in [6, 6.07) is 4.60. The first kappa shape index (κ1) is 16.9. The minimum absolute atomic E-state index is 0.229. The molecule has 0 saturated heterocycles. The summed E-state index contributed by atoms with van der Waals surface area (Å²) in [6.07, 6.45) is 0.229. The predicted molar refractivity (Wildman–Crippen MR) is 78.5 cm³/mol. The summed E-state index contributed by atoms with van der Waals surface area (Å²) < 4.78 is 24.0. The van der Waals surface area contributed by atoms with Gasteiger partial charge in [-0.25, -0.2) is 4.39 Å². The van der Waals surface area contributed by atoms with Gasteiger partial charge in [0.25, 0.3) is 0 Å². The van der Waals surface area contributed by atoms with Gasteiger partial charge in [-0.15, -0.1) is 0 Å². The first-order valence-electron chi connectivity index (χ1n) is 6.83. The van der Waals surface area contributed by atoms with Gasteiger partial charge in [-0.2, -0.15) is 0 Å². The van der Waals surface area contributed by atoms with Crippen LogP contribution < -0.4 is 10.5 Å². The Labute approximate surface area is 120 Å². The molecule has 0 aromatic heterocycles. The molecule has 0 aliphatic heterocycles. The molecule has 2 N–H and O–H groups in total. The predicted octanol–water partition coefficient (Wildman–Crippen LogP) is 2.19. The van der Waals surface area contributed by atoms with E-state index in [1.165, 1.54) is 13.2 Å². The van der Waals surface area contributed by atoms with E-state index in [1.54, 1.807) is 12.1 Å². The number of nitrogens with two attached hydrogens (primary N) is 1. The van der Waals surface area contributed by atoms with Gasteiger partial charge in [0, 0.05) is 19.1 Å². The van der Waals surface area contributed by atoms with Crippen LogP contribution in [0.2, 0.25) is 0 Å². The van der Waals surface area contributed by atoms with Crippen LogP contribution in [0.25, 0.3) is 0 Å². The summed E-state index contributed by atoms with van der Waals surface area (Å²) >= 11 is 0. The molecule has 0 bridgehead atoms. The molecule has 0 amide bonds.